The molecule has 0 aliphatic heterocycles. The SMILES string of the molecule is Cc1ncc(CNC(C)(C)C)n1Cc1ccc(F)cc1. The van der Waals surface area contributed by atoms with Crippen LogP contribution >= 0.6 is 0 Å². The summed E-state index contributed by atoms with van der Waals surface area (Å²) in [5, 5.41) is 3.47. The van der Waals surface area contributed by atoms with Gasteiger partial charge in [-0.25, -0.2) is 9.37 Å². The first-order valence-electron chi connectivity index (χ1n) is 6.85. The van der Waals surface area contributed by atoms with Crippen molar-refractivity contribution in [3.8, 4) is 0 Å². The normalized spacial score (nSPS) is 11.8. The summed E-state index contributed by atoms with van der Waals surface area (Å²) >= 11 is 0. The lowest BCUT2D eigenvalue weighted by molar-refractivity contribution is 0.416. The summed E-state index contributed by atoms with van der Waals surface area (Å²) in [4.78, 5) is 4.38. The van der Waals surface area contributed by atoms with Crippen LogP contribution in [0.4, 0.5) is 4.39 Å². The van der Waals surface area contributed by atoms with E-state index >= 15 is 0 Å². The van der Waals surface area contributed by atoms with E-state index in [-0.39, 0.29) is 11.4 Å². The van der Waals surface area contributed by atoms with E-state index in [4.69, 9.17) is 0 Å². The summed E-state index contributed by atoms with van der Waals surface area (Å²) in [6.45, 7) is 9.89. The maximum Gasteiger partial charge on any atom is 0.123 e. The molecule has 0 saturated heterocycles. The molecule has 0 amide bonds. The van der Waals surface area contributed by atoms with Crippen molar-refractivity contribution in [2.24, 2.45) is 0 Å². The predicted molar refractivity (Wildman–Crippen MR) is 79.1 cm³/mol. The molecule has 1 heterocycles. The van der Waals surface area contributed by atoms with Crippen LogP contribution < -0.4 is 5.32 Å². The van der Waals surface area contributed by atoms with Gasteiger partial charge in [-0.15, -0.1) is 0 Å². The van der Waals surface area contributed by atoms with E-state index in [1.54, 1.807) is 0 Å². The lowest BCUT2D eigenvalue weighted by Crippen LogP contribution is -2.35. The van der Waals surface area contributed by atoms with E-state index in [0.29, 0.717) is 6.54 Å². The van der Waals surface area contributed by atoms with Crippen molar-refractivity contribution in [3.63, 3.8) is 0 Å². The topological polar surface area (TPSA) is 29.9 Å². The van der Waals surface area contributed by atoms with Gasteiger partial charge in [-0.2, -0.15) is 0 Å². The van der Waals surface area contributed by atoms with Gasteiger partial charge in [-0.1, -0.05) is 12.1 Å². The molecular formula is C16H22FN3. The highest BCUT2D eigenvalue weighted by Crippen LogP contribution is 2.12. The second-order valence-corrected chi connectivity index (χ2v) is 6.11. The molecule has 3 nitrogen and oxygen atoms in total. The number of benzene rings is 1. The Labute approximate surface area is 119 Å². The Hall–Kier alpha value is -1.68. The van der Waals surface area contributed by atoms with Gasteiger partial charge in [-0.3, -0.25) is 0 Å². The highest BCUT2D eigenvalue weighted by atomic mass is 19.1. The van der Waals surface area contributed by atoms with Crippen molar-refractivity contribution in [3.05, 3.63) is 53.4 Å². The van der Waals surface area contributed by atoms with Gasteiger partial charge in [0.05, 0.1) is 5.69 Å². The largest absolute Gasteiger partial charge is 0.327 e. The average Bonchev–Trinajstić information content (AvgIpc) is 2.70. The zero-order valence-corrected chi connectivity index (χ0v) is 12.6. The van der Waals surface area contributed by atoms with E-state index in [2.05, 4.69) is 35.6 Å². The molecule has 1 N–H and O–H groups in total. The zero-order chi connectivity index (χ0) is 14.8. The highest BCUT2D eigenvalue weighted by molar-refractivity contribution is 5.18. The third-order valence-corrected chi connectivity index (χ3v) is 3.19. The highest BCUT2D eigenvalue weighted by Gasteiger charge is 2.12. The van der Waals surface area contributed by atoms with Crippen LogP contribution in [0.1, 0.15) is 37.9 Å². The minimum absolute atomic E-state index is 0.0683. The molecule has 2 aromatic rings. The van der Waals surface area contributed by atoms with Crippen LogP contribution in [0, 0.1) is 12.7 Å². The fraction of sp³-hybridized carbons (Fsp3) is 0.438. The second-order valence-electron chi connectivity index (χ2n) is 6.11. The lowest BCUT2D eigenvalue weighted by atomic mass is 10.1. The molecule has 0 fully saturated rings. The monoisotopic (exact) mass is 275 g/mol. The fourth-order valence-electron chi connectivity index (χ4n) is 2.00. The van der Waals surface area contributed by atoms with Crippen molar-refractivity contribution in [2.75, 3.05) is 0 Å². The number of rotatable bonds is 4. The number of aromatic nitrogens is 2. The molecule has 1 aromatic carbocycles. The third-order valence-electron chi connectivity index (χ3n) is 3.19. The van der Waals surface area contributed by atoms with Crippen molar-refractivity contribution >= 4 is 0 Å². The lowest BCUT2D eigenvalue weighted by Gasteiger charge is -2.21. The molecule has 0 saturated carbocycles. The maximum atomic E-state index is 12.9. The summed E-state index contributed by atoms with van der Waals surface area (Å²) < 4.78 is 15.1. The molecule has 108 valence electrons. The Balaban J connectivity index is 2.14. The van der Waals surface area contributed by atoms with Gasteiger partial charge in [0, 0.05) is 24.8 Å². The van der Waals surface area contributed by atoms with Gasteiger partial charge in [0.25, 0.3) is 0 Å². The Morgan fingerprint density at radius 1 is 1.20 bits per heavy atom. The van der Waals surface area contributed by atoms with Gasteiger partial charge < -0.3 is 9.88 Å². The Kier molecular flexibility index (Phi) is 4.23. The van der Waals surface area contributed by atoms with E-state index in [0.717, 1.165) is 23.6 Å². The molecule has 0 aliphatic rings. The fourth-order valence-corrected chi connectivity index (χ4v) is 2.00. The Bertz CT molecular complexity index is 564. The molecule has 0 unspecified atom stereocenters. The molecule has 0 bridgehead atoms. The van der Waals surface area contributed by atoms with Crippen molar-refractivity contribution < 1.29 is 4.39 Å². The van der Waals surface area contributed by atoms with E-state index in [9.17, 15) is 4.39 Å². The molecule has 0 radical (unpaired) electrons. The van der Waals surface area contributed by atoms with Crippen LogP contribution in [0.15, 0.2) is 30.5 Å². The molecule has 2 rings (SSSR count). The van der Waals surface area contributed by atoms with Crippen LogP contribution in [0.2, 0.25) is 0 Å². The van der Waals surface area contributed by atoms with Gasteiger partial charge in [0.1, 0.15) is 11.6 Å². The van der Waals surface area contributed by atoms with Crippen LogP contribution in [-0.2, 0) is 13.1 Å². The summed E-state index contributed by atoms with van der Waals surface area (Å²) in [7, 11) is 0. The van der Waals surface area contributed by atoms with Crippen molar-refractivity contribution in [1.29, 1.82) is 0 Å². The predicted octanol–water partition coefficient (Wildman–Crippen LogP) is 3.27. The number of hydrogen-bond acceptors (Lipinski definition) is 2. The molecule has 0 atom stereocenters. The van der Waals surface area contributed by atoms with Crippen LogP contribution in [0.25, 0.3) is 0 Å². The number of halogens is 1. The molecule has 4 heteroatoms. The van der Waals surface area contributed by atoms with Gasteiger partial charge >= 0.3 is 0 Å². The molecule has 1 aromatic heterocycles. The first kappa shape index (κ1) is 14.7. The van der Waals surface area contributed by atoms with Crippen molar-refractivity contribution in [2.45, 2.75) is 46.3 Å². The molecule has 0 spiro atoms. The summed E-state index contributed by atoms with van der Waals surface area (Å²) in [6.07, 6.45) is 1.90. The Morgan fingerprint density at radius 3 is 2.45 bits per heavy atom. The molecule has 0 aliphatic carbocycles. The van der Waals surface area contributed by atoms with E-state index < -0.39 is 0 Å². The van der Waals surface area contributed by atoms with Crippen molar-refractivity contribution in [1.82, 2.24) is 14.9 Å². The third kappa shape index (κ3) is 3.90. The number of imidazole rings is 1. The first-order chi connectivity index (χ1) is 9.35. The van der Waals surface area contributed by atoms with E-state index in [1.165, 1.54) is 12.1 Å². The zero-order valence-electron chi connectivity index (χ0n) is 12.6. The minimum atomic E-state index is -0.203. The van der Waals surface area contributed by atoms with E-state index in [1.807, 2.05) is 25.3 Å². The minimum Gasteiger partial charge on any atom is -0.327 e. The van der Waals surface area contributed by atoms with Gasteiger partial charge in [-0.05, 0) is 45.4 Å². The molecular weight excluding hydrogens is 253 g/mol. The number of aryl methyl sites for hydroxylation is 1. The van der Waals surface area contributed by atoms with Crippen LogP contribution in [-0.4, -0.2) is 15.1 Å². The standard InChI is InChI=1S/C16H22FN3/c1-12-18-9-15(10-19-16(2,3)4)20(12)11-13-5-7-14(17)8-6-13/h5-9,19H,10-11H2,1-4H3. The second kappa shape index (κ2) is 5.75. The summed E-state index contributed by atoms with van der Waals surface area (Å²) in [5.74, 6) is 0.769. The number of hydrogen-bond donors (Lipinski definition) is 1. The van der Waals surface area contributed by atoms with Crippen LogP contribution in [0.3, 0.4) is 0 Å². The van der Waals surface area contributed by atoms with Crippen LogP contribution in [0.5, 0.6) is 0 Å². The van der Waals surface area contributed by atoms with Gasteiger partial charge in [0.15, 0.2) is 0 Å². The first-order valence-corrected chi connectivity index (χ1v) is 6.85. The average molecular weight is 275 g/mol. The molecule has 20 heavy (non-hydrogen) atoms. The number of nitrogens with one attached hydrogen (secondary N) is 1. The quantitative estimate of drug-likeness (QED) is 0.928. The summed E-state index contributed by atoms with van der Waals surface area (Å²) in [5.41, 5.74) is 2.28. The Morgan fingerprint density at radius 2 is 1.85 bits per heavy atom. The maximum absolute atomic E-state index is 12.9. The smallest absolute Gasteiger partial charge is 0.123 e. The number of nitrogens with zero attached hydrogens (tertiary/aromatic N) is 2. The summed E-state index contributed by atoms with van der Waals surface area (Å²) in [6, 6.07) is 6.62. The van der Waals surface area contributed by atoms with Gasteiger partial charge in [0.2, 0.25) is 0 Å².